The highest BCUT2D eigenvalue weighted by atomic mass is 19.1. The number of nitrogens with two attached hydrogens (primary N) is 1. The summed E-state index contributed by atoms with van der Waals surface area (Å²) in [5.41, 5.74) is 6.30. The lowest BCUT2D eigenvalue weighted by Gasteiger charge is -2.37. The van der Waals surface area contributed by atoms with E-state index in [0.29, 0.717) is 17.7 Å². The van der Waals surface area contributed by atoms with E-state index in [4.69, 9.17) is 16.2 Å². The Labute approximate surface area is 112 Å². The Kier molecular flexibility index (Phi) is 4.37. The molecule has 1 aromatic rings. The van der Waals surface area contributed by atoms with Crippen LogP contribution in [0.2, 0.25) is 0 Å². The number of nitrogen functional groups attached to an aromatic ring is 1. The van der Waals surface area contributed by atoms with Crippen LogP contribution < -0.4 is 10.6 Å². The van der Waals surface area contributed by atoms with E-state index in [2.05, 4.69) is 0 Å². The molecule has 1 saturated heterocycles. The Bertz CT molecular complexity index is 462. The van der Waals surface area contributed by atoms with Crippen LogP contribution in [0.1, 0.15) is 31.2 Å². The molecule has 1 fully saturated rings. The minimum atomic E-state index is -0.350. The molecule has 5 heteroatoms. The number of nitrogens with zero attached hydrogens (tertiary/aromatic N) is 1. The molecule has 1 aliphatic rings. The monoisotopic (exact) mass is 265 g/mol. The molecule has 0 aromatic heterocycles. The van der Waals surface area contributed by atoms with Gasteiger partial charge < -0.3 is 15.7 Å². The van der Waals surface area contributed by atoms with Crippen LogP contribution in [0.15, 0.2) is 18.2 Å². The maximum Gasteiger partial charge on any atom is 0.147 e. The number of aliphatic hydroxyl groups excluding tert-OH is 1. The zero-order valence-electron chi connectivity index (χ0n) is 10.9. The van der Waals surface area contributed by atoms with Crippen LogP contribution in [0.25, 0.3) is 0 Å². The molecule has 104 valence electrons. The predicted octanol–water partition coefficient (Wildman–Crippen LogP) is 1.85. The van der Waals surface area contributed by atoms with Crippen LogP contribution in [-0.4, -0.2) is 30.1 Å². The molecule has 4 nitrogen and oxygen atoms in total. The molecule has 1 aromatic carbocycles. The number of hydrogen-bond donors (Lipinski definition) is 3. The Morgan fingerprint density at radius 3 is 2.89 bits per heavy atom. The minimum Gasteiger partial charge on any atom is -0.396 e. The Hall–Kier alpha value is -1.62. The third-order valence-corrected chi connectivity index (χ3v) is 3.66. The van der Waals surface area contributed by atoms with Gasteiger partial charge in [-0.05, 0) is 43.9 Å². The summed E-state index contributed by atoms with van der Waals surface area (Å²) < 4.78 is 14.2. The lowest BCUT2D eigenvalue weighted by atomic mass is 9.98. The van der Waals surface area contributed by atoms with Crippen LogP contribution in [0.4, 0.5) is 10.1 Å². The number of aliphatic hydroxyl groups is 1. The summed E-state index contributed by atoms with van der Waals surface area (Å²) in [7, 11) is 0. The summed E-state index contributed by atoms with van der Waals surface area (Å²) in [5.74, 6) is -0.478. The first kappa shape index (κ1) is 13.8. The average molecular weight is 265 g/mol. The van der Waals surface area contributed by atoms with Gasteiger partial charge in [-0.1, -0.05) is 0 Å². The van der Waals surface area contributed by atoms with Crippen molar-refractivity contribution >= 4 is 11.5 Å². The van der Waals surface area contributed by atoms with E-state index in [9.17, 15) is 4.39 Å². The molecular weight excluding hydrogens is 245 g/mol. The maximum absolute atomic E-state index is 14.2. The fourth-order valence-electron chi connectivity index (χ4n) is 2.67. The van der Waals surface area contributed by atoms with Gasteiger partial charge in [-0.3, -0.25) is 5.41 Å². The van der Waals surface area contributed by atoms with E-state index < -0.39 is 0 Å². The summed E-state index contributed by atoms with van der Waals surface area (Å²) in [6.07, 6.45) is 3.80. The highest BCUT2D eigenvalue weighted by Gasteiger charge is 2.24. The number of anilines is 1. The molecule has 0 saturated carbocycles. The van der Waals surface area contributed by atoms with Crippen molar-refractivity contribution in [2.45, 2.75) is 31.7 Å². The number of benzene rings is 1. The van der Waals surface area contributed by atoms with Crippen LogP contribution in [-0.2, 0) is 0 Å². The van der Waals surface area contributed by atoms with E-state index in [-0.39, 0.29) is 24.3 Å². The Balaban J connectivity index is 2.26. The molecule has 0 amide bonds. The van der Waals surface area contributed by atoms with Crippen LogP contribution >= 0.6 is 0 Å². The summed E-state index contributed by atoms with van der Waals surface area (Å²) in [6, 6.07) is 4.85. The van der Waals surface area contributed by atoms with E-state index >= 15 is 0 Å². The summed E-state index contributed by atoms with van der Waals surface area (Å²) in [4.78, 5) is 2.03. The molecule has 1 atom stereocenters. The van der Waals surface area contributed by atoms with Crippen LogP contribution in [0.5, 0.6) is 0 Å². The van der Waals surface area contributed by atoms with Gasteiger partial charge in [0, 0.05) is 24.8 Å². The normalized spacial score (nSPS) is 19.5. The zero-order chi connectivity index (χ0) is 13.8. The molecule has 1 aliphatic heterocycles. The van der Waals surface area contributed by atoms with Gasteiger partial charge in [-0.25, -0.2) is 4.39 Å². The van der Waals surface area contributed by atoms with Crippen molar-refractivity contribution in [3.05, 3.63) is 29.6 Å². The van der Waals surface area contributed by atoms with Crippen molar-refractivity contribution < 1.29 is 9.50 Å². The third kappa shape index (κ3) is 3.04. The average Bonchev–Trinajstić information content (AvgIpc) is 2.40. The van der Waals surface area contributed by atoms with Crippen molar-refractivity contribution in [3.63, 3.8) is 0 Å². The van der Waals surface area contributed by atoms with E-state index in [1.807, 2.05) is 4.90 Å². The van der Waals surface area contributed by atoms with E-state index in [1.165, 1.54) is 6.07 Å². The highest BCUT2D eigenvalue weighted by Crippen LogP contribution is 2.29. The van der Waals surface area contributed by atoms with Gasteiger partial charge in [-0.15, -0.1) is 0 Å². The molecule has 1 unspecified atom stereocenters. The van der Waals surface area contributed by atoms with Gasteiger partial charge in [0.15, 0.2) is 0 Å². The smallest absolute Gasteiger partial charge is 0.147 e. The van der Waals surface area contributed by atoms with Gasteiger partial charge in [-0.2, -0.15) is 0 Å². The molecule has 1 heterocycles. The molecular formula is C14H20FN3O. The Morgan fingerprint density at radius 2 is 2.26 bits per heavy atom. The number of rotatable bonds is 4. The number of halogens is 1. The number of amidine groups is 1. The largest absolute Gasteiger partial charge is 0.396 e. The first-order valence-corrected chi connectivity index (χ1v) is 6.65. The van der Waals surface area contributed by atoms with Gasteiger partial charge in [0.1, 0.15) is 11.7 Å². The number of piperidine rings is 1. The second-order valence-corrected chi connectivity index (χ2v) is 4.94. The minimum absolute atomic E-state index is 0.119. The first-order chi connectivity index (χ1) is 9.13. The van der Waals surface area contributed by atoms with Gasteiger partial charge >= 0.3 is 0 Å². The second-order valence-electron chi connectivity index (χ2n) is 4.94. The van der Waals surface area contributed by atoms with E-state index in [0.717, 1.165) is 25.8 Å². The SMILES string of the molecule is N=C(N)c1ccc(N2CCCCC2CCO)c(F)c1. The van der Waals surface area contributed by atoms with Gasteiger partial charge in [0.25, 0.3) is 0 Å². The highest BCUT2D eigenvalue weighted by molar-refractivity contribution is 5.95. The van der Waals surface area contributed by atoms with Crippen molar-refractivity contribution in [1.29, 1.82) is 5.41 Å². The summed E-state index contributed by atoms with van der Waals surface area (Å²) in [6.45, 7) is 0.926. The van der Waals surface area contributed by atoms with Crippen molar-refractivity contribution in [3.8, 4) is 0 Å². The van der Waals surface area contributed by atoms with Crippen LogP contribution in [0.3, 0.4) is 0 Å². The maximum atomic E-state index is 14.2. The first-order valence-electron chi connectivity index (χ1n) is 6.65. The Morgan fingerprint density at radius 1 is 1.47 bits per heavy atom. The quantitative estimate of drug-likeness (QED) is 0.574. The number of hydrogen-bond acceptors (Lipinski definition) is 3. The lowest BCUT2D eigenvalue weighted by molar-refractivity contribution is 0.262. The molecule has 2 rings (SSSR count). The molecule has 0 aliphatic carbocycles. The molecule has 0 radical (unpaired) electrons. The van der Waals surface area contributed by atoms with Gasteiger partial charge in [0.2, 0.25) is 0 Å². The summed E-state index contributed by atoms with van der Waals surface area (Å²) >= 11 is 0. The van der Waals surface area contributed by atoms with Gasteiger partial charge in [0.05, 0.1) is 5.69 Å². The molecule has 0 bridgehead atoms. The predicted molar refractivity (Wildman–Crippen MR) is 74.1 cm³/mol. The van der Waals surface area contributed by atoms with Crippen LogP contribution in [0, 0.1) is 11.2 Å². The zero-order valence-corrected chi connectivity index (χ0v) is 10.9. The molecule has 0 spiro atoms. The number of nitrogens with one attached hydrogen (secondary N) is 1. The van der Waals surface area contributed by atoms with E-state index in [1.54, 1.807) is 12.1 Å². The molecule has 19 heavy (non-hydrogen) atoms. The summed E-state index contributed by atoms with van der Waals surface area (Å²) in [5, 5.41) is 16.4. The van der Waals surface area contributed by atoms with Crippen molar-refractivity contribution in [1.82, 2.24) is 0 Å². The van der Waals surface area contributed by atoms with Crippen molar-refractivity contribution in [2.24, 2.45) is 5.73 Å². The third-order valence-electron chi connectivity index (χ3n) is 3.66. The lowest BCUT2D eigenvalue weighted by Crippen LogP contribution is -2.40. The fourth-order valence-corrected chi connectivity index (χ4v) is 2.67. The fraction of sp³-hybridized carbons (Fsp3) is 0.500. The standard InChI is InChI=1S/C14H20FN3O/c15-12-9-10(14(16)17)4-5-13(12)18-7-2-1-3-11(18)6-8-19/h4-5,9,11,19H,1-3,6-8H2,(H3,16,17). The topological polar surface area (TPSA) is 73.3 Å². The molecule has 4 N–H and O–H groups in total. The van der Waals surface area contributed by atoms with Crippen molar-refractivity contribution in [2.75, 3.05) is 18.1 Å². The second kappa shape index (κ2) is 6.02.